The summed E-state index contributed by atoms with van der Waals surface area (Å²) in [6.45, 7) is -0.0874. The maximum absolute atomic E-state index is 13.0. The van der Waals surface area contributed by atoms with E-state index in [0.717, 1.165) is 18.0 Å². The molecule has 0 bridgehead atoms. The van der Waals surface area contributed by atoms with Crippen LogP contribution in [0.15, 0.2) is 35.3 Å². The summed E-state index contributed by atoms with van der Waals surface area (Å²) < 4.78 is 49.2. The fourth-order valence-corrected chi connectivity index (χ4v) is 1.91. The summed E-state index contributed by atoms with van der Waals surface area (Å²) in [6.07, 6.45) is -3.93. The number of hydrogen-bond donors (Lipinski definition) is 0. The van der Waals surface area contributed by atoms with Crippen molar-refractivity contribution in [3.63, 3.8) is 0 Å². The lowest BCUT2D eigenvalue weighted by Gasteiger charge is -2.13. The van der Waals surface area contributed by atoms with Gasteiger partial charge in [0.15, 0.2) is 11.3 Å². The van der Waals surface area contributed by atoms with Crippen molar-refractivity contribution in [1.29, 1.82) is 0 Å². The van der Waals surface area contributed by atoms with Crippen molar-refractivity contribution in [2.45, 2.75) is 12.7 Å². The van der Waals surface area contributed by atoms with Crippen LogP contribution >= 0.6 is 0 Å². The summed E-state index contributed by atoms with van der Waals surface area (Å²) in [5, 5.41) is 3.71. The van der Waals surface area contributed by atoms with Crippen LogP contribution in [0.4, 0.5) is 13.2 Å². The zero-order valence-corrected chi connectivity index (χ0v) is 11.8. The van der Waals surface area contributed by atoms with E-state index in [4.69, 9.17) is 4.74 Å². The Balaban J connectivity index is 2.41. The van der Waals surface area contributed by atoms with Gasteiger partial charge < -0.3 is 9.47 Å². The minimum Gasteiger partial charge on any atom is -0.497 e. The Bertz CT molecular complexity index is 709. The molecule has 118 valence electrons. The first kappa shape index (κ1) is 15.9. The molecule has 0 aliphatic heterocycles. The second-order valence-electron chi connectivity index (χ2n) is 4.40. The summed E-state index contributed by atoms with van der Waals surface area (Å²) in [5.74, 6) is 0.0123. The van der Waals surface area contributed by atoms with Gasteiger partial charge in [-0.15, -0.1) is 0 Å². The van der Waals surface area contributed by atoms with Crippen molar-refractivity contribution >= 4 is 0 Å². The van der Waals surface area contributed by atoms with Gasteiger partial charge in [-0.05, 0) is 17.7 Å². The van der Waals surface area contributed by atoms with Gasteiger partial charge in [0.2, 0.25) is 0 Å². The number of rotatable bonds is 4. The second kappa shape index (κ2) is 6.08. The summed E-state index contributed by atoms with van der Waals surface area (Å²) >= 11 is 0. The summed E-state index contributed by atoms with van der Waals surface area (Å²) in [7, 11) is 2.56. The van der Waals surface area contributed by atoms with Crippen molar-refractivity contribution < 1.29 is 22.6 Å². The highest BCUT2D eigenvalue weighted by Gasteiger charge is 2.38. The number of hydrogen-bond acceptors (Lipinski definition) is 4. The van der Waals surface area contributed by atoms with Crippen LogP contribution in [0.5, 0.6) is 11.5 Å². The van der Waals surface area contributed by atoms with Crippen LogP contribution in [0.1, 0.15) is 11.1 Å². The van der Waals surface area contributed by atoms with E-state index >= 15 is 0 Å². The number of aromatic nitrogens is 2. The van der Waals surface area contributed by atoms with Crippen molar-refractivity contribution in [3.8, 4) is 11.5 Å². The Morgan fingerprint density at radius 3 is 2.27 bits per heavy atom. The molecule has 5 nitrogen and oxygen atoms in total. The van der Waals surface area contributed by atoms with E-state index in [-0.39, 0.29) is 6.54 Å². The van der Waals surface area contributed by atoms with Crippen molar-refractivity contribution in [2.24, 2.45) is 0 Å². The highest BCUT2D eigenvalue weighted by Crippen LogP contribution is 2.32. The Kier molecular flexibility index (Phi) is 4.39. The SMILES string of the molecule is COc1ccc(Cn2ncc(OC)c(C(F)(F)F)c2=O)cc1. The van der Waals surface area contributed by atoms with E-state index in [9.17, 15) is 18.0 Å². The van der Waals surface area contributed by atoms with Crippen LogP contribution in [-0.4, -0.2) is 24.0 Å². The van der Waals surface area contributed by atoms with Crippen LogP contribution in [0, 0.1) is 0 Å². The largest absolute Gasteiger partial charge is 0.497 e. The van der Waals surface area contributed by atoms with Crippen molar-refractivity contribution in [3.05, 3.63) is 51.9 Å². The summed E-state index contributed by atoms with van der Waals surface area (Å²) in [6, 6.07) is 6.58. The molecule has 1 aromatic carbocycles. The number of alkyl halides is 3. The highest BCUT2D eigenvalue weighted by molar-refractivity contribution is 5.31. The van der Waals surface area contributed by atoms with E-state index < -0.39 is 23.0 Å². The molecule has 22 heavy (non-hydrogen) atoms. The molecule has 2 aromatic rings. The molecule has 0 spiro atoms. The van der Waals surface area contributed by atoms with Crippen LogP contribution in [0.3, 0.4) is 0 Å². The number of nitrogens with zero attached hydrogens (tertiary/aromatic N) is 2. The van der Waals surface area contributed by atoms with Gasteiger partial charge >= 0.3 is 6.18 Å². The molecular weight excluding hydrogens is 301 g/mol. The predicted octanol–water partition coefficient (Wildman–Crippen LogP) is 2.33. The van der Waals surface area contributed by atoms with Gasteiger partial charge in [-0.1, -0.05) is 12.1 Å². The molecule has 0 fully saturated rings. The molecule has 0 radical (unpaired) electrons. The third-order valence-electron chi connectivity index (χ3n) is 3.00. The third kappa shape index (κ3) is 3.21. The molecule has 0 aliphatic carbocycles. The van der Waals surface area contributed by atoms with Crippen LogP contribution < -0.4 is 15.0 Å². The van der Waals surface area contributed by atoms with Crippen molar-refractivity contribution in [2.75, 3.05) is 14.2 Å². The van der Waals surface area contributed by atoms with Crippen LogP contribution in [0.25, 0.3) is 0 Å². The van der Waals surface area contributed by atoms with Gasteiger partial charge in [0, 0.05) is 0 Å². The normalized spacial score (nSPS) is 11.3. The predicted molar refractivity (Wildman–Crippen MR) is 72.1 cm³/mol. The standard InChI is InChI=1S/C14H13F3N2O3/c1-21-10-5-3-9(4-6-10)8-19-13(20)12(14(15,16)17)11(22-2)7-18-19/h3-7H,8H2,1-2H3. The van der Waals surface area contributed by atoms with E-state index in [1.165, 1.54) is 7.11 Å². The lowest BCUT2D eigenvalue weighted by Crippen LogP contribution is -2.31. The first-order chi connectivity index (χ1) is 10.4. The topological polar surface area (TPSA) is 53.4 Å². The summed E-state index contributed by atoms with van der Waals surface area (Å²) in [5.41, 5.74) is -1.99. The molecule has 8 heteroatoms. The first-order valence-electron chi connectivity index (χ1n) is 6.21. The van der Waals surface area contributed by atoms with Gasteiger partial charge in [0.1, 0.15) is 5.75 Å². The number of halogens is 3. The molecule has 0 aliphatic rings. The highest BCUT2D eigenvalue weighted by atomic mass is 19.4. The lowest BCUT2D eigenvalue weighted by molar-refractivity contribution is -0.140. The molecule has 0 amide bonds. The first-order valence-corrected chi connectivity index (χ1v) is 6.21. The minimum absolute atomic E-state index is 0.0874. The molecular formula is C14H13F3N2O3. The van der Waals surface area contributed by atoms with Crippen LogP contribution in [-0.2, 0) is 12.7 Å². The van der Waals surface area contributed by atoms with Gasteiger partial charge in [-0.2, -0.15) is 18.3 Å². The van der Waals surface area contributed by atoms with Crippen molar-refractivity contribution in [1.82, 2.24) is 9.78 Å². The average Bonchev–Trinajstić information content (AvgIpc) is 2.48. The Hall–Kier alpha value is -2.51. The number of ether oxygens (including phenoxy) is 2. The van der Waals surface area contributed by atoms with Gasteiger partial charge in [0.25, 0.3) is 5.56 Å². The third-order valence-corrected chi connectivity index (χ3v) is 3.00. The lowest BCUT2D eigenvalue weighted by atomic mass is 10.2. The maximum Gasteiger partial charge on any atom is 0.425 e. The van der Waals surface area contributed by atoms with E-state index in [2.05, 4.69) is 9.84 Å². The zero-order valence-electron chi connectivity index (χ0n) is 11.8. The van der Waals surface area contributed by atoms with E-state index in [0.29, 0.717) is 11.3 Å². The zero-order chi connectivity index (χ0) is 16.3. The molecule has 0 saturated carbocycles. The fourth-order valence-electron chi connectivity index (χ4n) is 1.91. The Labute approximate surface area is 123 Å². The molecule has 1 aromatic heterocycles. The monoisotopic (exact) mass is 314 g/mol. The number of methoxy groups -OCH3 is 2. The Morgan fingerprint density at radius 2 is 1.77 bits per heavy atom. The maximum atomic E-state index is 13.0. The number of benzene rings is 1. The van der Waals surface area contributed by atoms with E-state index in [1.54, 1.807) is 24.3 Å². The summed E-state index contributed by atoms with van der Waals surface area (Å²) in [4.78, 5) is 12.0. The quantitative estimate of drug-likeness (QED) is 0.869. The average molecular weight is 314 g/mol. The molecule has 0 N–H and O–H groups in total. The Morgan fingerprint density at radius 1 is 1.14 bits per heavy atom. The van der Waals surface area contributed by atoms with E-state index in [1.807, 2.05) is 0 Å². The van der Waals surface area contributed by atoms with Crippen LogP contribution in [0.2, 0.25) is 0 Å². The second-order valence-corrected chi connectivity index (χ2v) is 4.40. The van der Waals surface area contributed by atoms with Gasteiger partial charge in [-0.3, -0.25) is 4.79 Å². The smallest absolute Gasteiger partial charge is 0.425 e. The van der Waals surface area contributed by atoms with Gasteiger partial charge in [0.05, 0.1) is 27.0 Å². The molecule has 0 atom stereocenters. The molecule has 0 saturated heterocycles. The minimum atomic E-state index is -4.81. The molecule has 1 heterocycles. The fraction of sp³-hybridized carbons (Fsp3) is 0.286. The van der Waals surface area contributed by atoms with Gasteiger partial charge in [-0.25, -0.2) is 4.68 Å². The molecule has 0 unspecified atom stereocenters. The molecule has 2 rings (SSSR count).